The van der Waals surface area contributed by atoms with Gasteiger partial charge >= 0.3 is 0 Å². The fourth-order valence-electron chi connectivity index (χ4n) is 1.60. The van der Waals surface area contributed by atoms with Crippen molar-refractivity contribution in [2.24, 2.45) is 0 Å². The molecule has 0 amide bonds. The van der Waals surface area contributed by atoms with Crippen LogP contribution in [-0.4, -0.2) is 17.0 Å². The number of pyridine rings is 1. The Kier molecular flexibility index (Phi) is 4.32. The van der Waals surface area contributed by atoms with Crippen LogP contribution in [0.4, 0.5) is 5.69 Å². The van der Waals surface area contributed by atoms with Gasteiger partial charge in [-0.25, -0.2) is 4.98 Å². The summed E-state index contributed by atoms with van der Waals surface area (Å²) >= 11 is 17.8. The first kappa shape index (κ1) is 14.8. The van der Waals surface area contributed by atoms with Crippen molar-refractivity contribution in [1.82, 2.24) is 4.98 Å². The minimum absolute atomic E-state index is 0.0675. The molecule has 0 atom stereocenters. The van der Waals surface area contributed by atoms with Crippen molar-refractivity contribution in [2.75, 3.05) is 7.11 Å². The van der Waals surface area contributed by atoms with Gasteiger partial charge in [0.2, 0.25) is 5.88 Å². The standard InChI is InChI=1S/C12H7Cl3N2O3/c1-20-11-3-2-10(17(18)19)12(16-11)6-4-8(14)9(15)5-7(6)13/h2-5H,1H3. The third-order valence-corrected chi connectivity index (χ3v) is 3.55. The Morgan fingerprint density at radius 2 is 1.80 bits per heavy atom. The molecule has 1 aromatic carbocycles. The van der Waals surface area contributed by atoms with E-state index in [2.05, 4.69) is 4.98 Å². The van der Waals surface area contributed by atoms with Gasteiger partial charge in [-0.3, -0.25) is 10.1 Å². The van der Waals surface area contributed by atoms with Crippen LogP contribution in [0.15, 0.2) is 24.3 Å². The van der Waals surface area contributed by atoms with Crippen LogP contribution in [0.25, 0.3) is 11.3 Å². The molecule has 0 saturated heterocycles. The van der Waals surface area contributed by atoms with Crippen molar-refractivity contribution in [1.29, 1.82) is 0 Å². The van der Waals surface area contributed by atoms with Gasteiger partial charge in [0.25, 0.3) is 5.69 Å². The zero-order chi connectivity index (χ0) is 14.9. The summed E-state index contributed by atoms with van der Waals surface area (Å²) in [5, 5.41) is 11.8. The average molecular weight is 334 g/mol. The molecule has 0 saturated carbocycles. The van der Waals surface area contributed by atoms with Crippen molar-refractivity contribution in [2.45, 2.75) is 0 Å². The maximum Gasteiger partial charge on any atom is 0.295 e. The van der Waals surface area contributed by atoms with E-state index >= 15 is 0 Å². The average Bonchev–Trinajstić information content (AvgIpc) is 2.42. The molecule has 5 nitrogen and oxygen atoms in total. The summed E-state index contributed by atoms with van der Waals surface area (Å²) in [7, 11) is 1.41. The molecule has 8 heteroatoms. The summed E-state index contributed by atoms with van der Waals surface area (Å²) in [6.45, 7) is 0. The molecule has 2 rings (SSSR count). The third kappa shape index (κ3) is 2.80. The van der Waals surface area contributed by atoms with Gasteiger partial charge in [-0.05, 0) is 12.1 Å². The molecule has 0 spiro atoms. The Morgan fingerprint density at radius 1 is 1.15 bits per heavy atom. The number of hydrogen-bond donors (Lipinski definition) is 0. The Bertz CT molecular complexity index is 692. The largest absolute Gasteiger partial charge is 0.481 e. The molecular formula is C12H7Cl3N2O3. The Morgan fingerprint density at radius 3 is 2.40 bits per heavy atom. The third-order valence-electron chi connectivity index (χ3n) is 2.52. The Labute approximate surface area is 129 Å². The first-order valence-electron chi connectivity index (χ1n) is 5.28. The highest BCUT2D eigenvalue weighted by atomic mass is 35.5. The quantitative estimate of drug-likeness (QED) is 0.467. The monoisotopic (exact) mass is 332 g/mol. The SMILES string of the molecule is COc1ccc([N+](=O)[O-])c(-c2cc(Cl)c(Cl)cc2Cl)n1. The zero-order valence-corrected chi connectivity index (χ0v) is 12.3. The van der Waals surface area contributed by atoms with Crippen molar-refractivity contribution in [3.8, 4) is 17.1 Å². The molecule has 0 aliphatic rings. The lowest BCUT2D eigenvalue weighted by Gasteiger charge is -2.08. The summed E-state index contributed by atoms with van der Waals surface area (Å²) in [6.07, 6.45) is 0. The summed E-state index contributed by atoms with van der Waals surface area (Å²) in [5.74, 6) is 0.229. The summed E-state index contributed by atoms with van der Waals surface area (Å²) in [4.78, 5) is 14.6. The second kappa shape index (κ2) is 5.83. The van der Waals surface area contributed by atoms with Crippen LogP contribution in [0.3, 0.4) is 0 Å². The van der Waals surface area contributed by atoms with Gasteiger partial charge in [-0.15, -0.1) is 0 Å². The second-order valence-electron chi connectivity index (χ2n) is 3.72. The number of hydrogen-bond acceptors (Lipinski definition) is 4. The van der Waals surface area contributed by atoms with E-state index in [1.54, 1.807) is 0 Å². The second-order valence-corrected chi connectivity index (χ2v) is 4.95. The van der Waals surface area contributed by atoms with Gasteiger partial charge < -0.3 is 4.74 Å². The number of methoxy groups -OCH3 is 1. The van der Waals surface area contributed by atoms with Gasteiger partial charge in [0.1, 0.15) is 0 Å². The van der Waals surface area contributed by atoms with E-state index in [0.29, 0.717) is 5.56 Å². The first-order valence-corrected chi connectivity index (χ1v) is 6.41. The van der Waals surface area contributed by atoms with Crippen LogP contribution in [0.1, 0.15) is 0 Å². The van der Waals surface area contributed by atoms with Crippen molar-refractivity contribution in [3.63, 3.8) is 0 Å². The highest BCUT2D eigenvalue weighted by molar-refractivity contribution is 6.44. The van der Waals surface area contributed by atoms with Gasteiger partial charge in [0, 0.05) is 17.7 Å². The van der Waals surface area contributed by atoms with Crippen molar-refractivity contribution >= 4 is 40.5 Å². The van der Waals surface area contributed by atoms with Crippen LogP contribution < -0.4 is 4.74 Å². The molecule has 2 aromatic rings. The summed E-state index contributed by atoms with van der Waals surface area (Å²) in [6, 6.07) is 5.53. The van der Waals surface area contributed by atoms with Gasteiger partial charge in [0.05, 0.1) is 27.1 Å². The molecule has 0 unspecified atom stereocenters. The molecule has 1 aromatic heterocycles. The Balaban J connectivity index is 2.73. The molecule has 1 heterocycles. The van der Waals surface area contributed by atoms with Crippen LogP contribution in [0.5, 0.6) is 5.88 Å². The molecule has 0 aliphatic carbocycles. The van der Waals surface area contributed by atoms with Gasteiger partial charge in [-0.1, -0.05) is 34.8 Å². The number of aromatic nitrogens is 1. The minimum Gasteiger partial charge on any atom is -0.481 e. The maximum atomic E-state index is 11.1. The molecular weight excluding hydrogens is 327 g/mol. The predicted octanol–water partition coefficient (Wildman–Crippen LogP) is 4.63. The van der Waals surface area contributed by atoms with Crippen molar-refractivity contribution in [3.05, 3.63) is 49.4 Å². The van der Waals surface area contributed by atoms with Gasteiger partial charge in [-0.2, -0.15) is 0 Å². The summed E-state index contributed by atoms with van der Waals surface area (Å²) < 4.78 is 4.97. The number of halogens is 3. The fourth-order valence-corrected chi connectivity index (χ4v) is 2.23. The normalized spacial score (nSPS) is 10.4. The number of benzene rings is 1. The lowest BCUT2D eigenvalue weighted by molar-refractivity contribution is -0.384. The van der Waals surface area contributed by atoms with Crippen LogP contribution in [-0.2, 0) is 0 Å². The lowest BCUT2D eigenvalue weighted by atomic mass is 10.1. The first-order chi connectivity index (χ1) is 9.43. The number of ether oxygens (including phenoxy) is 1. The Hall–Kier alpha value is -1.56. The number of rotatable bonds is 3. The van der Waals surface area contributed by atoms with E-state index in [-0.39, 0.29) is 32.3 Å². The number of nitrogens with zero attached hydrogens (tertiary/aromatic N) is 2. The molecule has 20 heavy (non-hydrogen) atoms. The van der Waals surface area contributed by atoms with E-state index in [0.717, 1.165) is 0 Å². The van der Waals surface area contributed by atoms with E-state index < -0.39 is 4.92 Å². The molecule has 0 fully saturated rings. The molecule has 0 N–H and O–H groups in total. The van der Waals surface area contributed by atoms with E-state index in [1.165, 1.54) is 31.4 Å². The molecule has 0 bridgehead atoms. The fraction of sp³-hybridized carbons (Fsp3) is 0.0833. The highest BCUT2D eigenvalue weighted by Gasteiger charge is 2.21. The topological polar surface area (TPSA) is 65.3 Å². The van der Waals surface area contributed by atoms with Crippen molar-refractivity contribution < 1.29 is 9.66 Å². The summed E-state index contributed by atoms with van der Waals surface area (Å²) in [5.41, 5.74) is 0.177. The molecule has 104 valence electrons. The smallest absolute Gasteiger partial charge is 0.295 e. The van der Waals surface area contributed by atoms with E-state index in [1.807, 2.05) is 0 Å². The van der Waals surface area contributed by atoms with Crippen LogP contribution in [0.2, 0.25) is 15.1 Å². The van der Waals surface area contributed by atoms with E-state index in [9.17, 15) is 10.1 Å². The maximum absolute atomic E-state index is 11.1. The molecule has 0 radical (unpaired) electrons. The molecule has 0 aliphatic heterocycles. The minimum atomic E-state index is -0.555. The van der Waals surface area contributed by atoms with E-state index in [4.69, 9.17) is 39.5 Å². The highest BCUT2D eigenvalue weighted by Crippen LogP contribution is 2.38. The number of nitro groups is 1. The zero-order valence-electron chi connectivity index (χ0n) is 10.1. The van der Waals surface area contributed by atoms with Crippen LogP contribution in [0, 0.1) is 10.1 Å². The predicted molar refractivity (Wildman–Crippen MR) is 77.9 cm³/mol. The lowest BCUT2D eigenvalue weighted by Crippen LogP contribution is -1.97. The van der Waals surface area contributed by atoms with Gasteiger partial charge in [0.15, 0.2) is 5.69 Å². The van der Waals surface area contributed by atoms with Crippen LogP contribution >= 0.6 is 34.8 Å².